The maximum Gasteiger partial charge on any atom is 0.302 e. The van der Waals surface area contributed by atoms with Gasteiger partial charge in [-0.1, -0.05) is 27.7 Å². The molecule has 0 amide bonds. The maximum atomic E-state index is 12.5. The number of rotatable bonds is 1. The van der Waals surface area contributed by atoms with Crippen LogP contribution < -0.4 is 0 Å². The van der Waals surface area contributed by atoms with Crippen molar-refractivity contribution in [1.82, 2.24) is 0 Å². The quantitative estimate of drug-likeness (QED) is 0.586. The van der Waals surface area contributed by atoms with Gasteiger partial charge in [-0.05, 0) is 78.4 Å². The van der Waals surface area contributed by atoms with E-state index in [0.29, 0.717) is 28.4 Å². The van der Waals surface area contributed by atoms with Crippen LogP contribution in [0.25, 0.3) is 0 Å². The molecule has 3 heteroatoms. The van der Waals surface area contributed by atoms with Gasteiger partial charge in [-0.15, -0.1) is 0 Å². The molecule has 7 atom stereocenters. The van der Waals surface area contributed by atoms with Crippen LogP contribution in [-0.4, -0.2) is 17.9 Å². The molecular weight excluding hydrogens is 336 g/mol. The summed E-state index contributed by atoms with van der Waals surface area (Å²) in [5.74, 6) is 1.75. The summed E-state index contributed by atoms with van der Waals surface area (Å²) in [6, 6.07) is 0. The minimum atomic E-state index is -0.131. The van der Waals surface area contributed by atoms with Crippen molar-refractivity contribution in [2.24, 2.45) is 38.9 Å². The molecule has 0 saturated heterocycles. The number of fused-ring (bicyclic) bond motifs is 2. The van der Waals surface area contributed by atoms with Crippen LogP contribution in [0, 0.1) is 38.9 Å². The second-order valence-corrected chi connectivity index (χ2v) is 12.0. The standard InChI is InChI=1S/C24H36O3/c1-15(25)27-19-8-9-23-14-24(23)11-10-21(4)12-16(26)13-22(21,5)18(24)7-6-17(23)20(19,2)3/h17-19H,6-14H2,1-5H3/t17?,18?,19-,21+,22-,23+,24-/m0/s1. The van der Waals surface area contributed by atoms with Gasteiger partial charge in [0.2, 0.25) is 0 Å². The van der Waals surface area contributed by atoms with Crippen molar-refractivity contribution in [3.05, 3.63) is 0 Å². The van der Waals surface area contributed by atoms with E-state index in [1.54, 1.807) is 6.92 Å². The molecule has 5 fully saturated rings. The molecule has 150 valence electrons. The molecule has 0 bridgehead atoms. The van der Waals surface area contributed by atoms with Gasteiger partial charge in [0, 0.05) is 25.2 Å². The minimum Gasteiger partial charge on any atom is -0.462 e. The fourth-order valence-corrected chi connectivity index (χ4v) is 9.52. The molecule has 27 heavy (non-hydrogen) atoms. The summed E-state index contributed by atoms with van der Waals surface area (Å²) >= 11 is 0. The maximum absolute atomic E-state index is 12.5. The largest absolute Gasteiger partial charge is 0.462 e. The van der Waals surface area contributed by atoms with E-state index < -0.39 is 0 Å². The highest BCUT2D eigenvalue weighted by Crippen LogP contribution is 2.88. The summed E-state index contributed by atoms with van der Waals surface area (Å²) in [6.07, 6.45) is 10.4. The Morgan fingerprint density at radius 1 is 0.926 bits per heavy atom. The summed E-state index contributed by atoms with van der Waals surface area (Å²) in [5, 5.41) is 0. The lowest BCUT2D eigenvalue weighted by atomic mass is 9.43. The van der Waals surface area contributed by atoms with E-state index in [-0.39, 0.29) is 28.3 Å². The first-order chi connectivity index (χ1) is 12.5. The van der Waals surface area contributed by atoms with Gasteiger partial charge in [0.25, 0.3) is 0 Å². The van der Waals surface area contributed by atoms with Crippen LogP contribution >= 0.6 is 0 Å². The average Bonchev–Trinajstić information content (AvgIpc) is 3.14. The Bertz CT molecular complexity index is 725. The van der Waals surface area contributed by atoms with Gasteiger partial charge >= 0.3 is 5.97 Å². The van der Waals surface area contributed by atoms with Crippen molar-refractivity contribution in [3.63, 3.8) is 0 Å². The molecule has 5 saturated carbocycles. The van der Waals surface area contributed by atoms with Crippen LogP contribution in [-0.2, 0) is 14.3 Å². The molecule has 2 spiro atoms. The van der Waals surface area contributed by atoms with E-state index in [1.165, 1.54) is 38.5 Å². The Hall–Kier alpha value is -0.860. The highest BCUT2D eigenvalue weighted by atomic mass is 16.5. The number of hydrogen-bond donors (Lipinski definition) is 0. The molecule has 0 N–H and O–H groups in total. The number of hydrogen-bond acceptors (Lipinski definition) is 3. The summed E-state index contributed by atoms with van der Waals surface area (Å²) < 4.78 is 5.79. The predicted octanol–water partition coefficient (Wildman–Crippen LogP) is 5.31. The third-order valence-electron chi connectivity index (χ3n) is 10.9. The number of carbonyl (C=O) groups excluding carboxylic acids is 2. The zero-order valence-corrected chi connectivity index (χ0v) is 17.8. The average molecular weight is 373 g/mol. The topological polar surface area (TPSA) is 43.4 Å². The lowest BCUT2D eigenvalue weighted by molar-refractivity contribution is -0.178. The molecule has 5 aliphatic carbocycles. The van der Waals surface area contributed by atoms with Gasteiger partial charge in [0.15, 0.2) is 0 Å². The van der Waals surface area contributed by atoms with Crippen LogP contribution in [0.2, 0.25) is 0 Å². The third kappa shape index (κ3) is 1.95. The van der Waals surface area contributed by atoms with E-state index in [4.69, 9.17) is 4.74 Å². The van der Waals surface area contributed by atoms with Crippen LogP contribution in [0.3, 0.4) is 0 Å². The molecule has 2 unspecified atom stereocenters. The van der Waals surface area contributed by atoms with Crippen molar-refractivity contribution in [2.45, 2.75) is 98.5 Å². The fraction of sp³-hybridized carbons (Fsp3) is 0.917. The first-order valence-electron chi connectivity index (χ1n) is 11.2. The molecule has 5 aliphatic rings. The van der Waals surface area contributed by atoms with Crippen molar-refractivity contribution in [1.29, 1.82) is 0 Å². The molecule has 3 nitrogen and oxygen atoms in total. The van der Waals surface area contributed by atoms with E-state index in [2.05, 4.69) is 27.7 Å². The zero-order chi connectivity index (χ0) is 19.5. The number of ketones is 1. The normalized spacial score (nSPS) is 55.0. The Balaban J connectivity index is 1.50. The van der Waals surface area contributed by atoms with Gasteiger partial charge in [-0.2, -0.15) is 0 Å². The Kier molecular flexibility index (Phi) is 3.37. The van der Waals surface area contributed by atoms with Gasteiger partial charge in [-0.25, -0.2) is 0 Å². The molecule has 0 radical (unpaired) electrons. The van der Waals surface area contributed by atoms with E-state index in [9.17, 15) is 9.59 Å². The minimum absolute atomic E-state index is 0.0611. The Labute approximate surface area is 164 Å². The third-order valence-corrected chi connectivity index (χ3v) is 10.9. The van der Waals surface area contributed by atoms with Crippen LogP contribution in [0.4, 0.5) is 0 Å². The smallest absolute Gasteiger partial charge is 0.302 e. The van der Waals surface area contributed by atoms with Crippen LogP contribution in [0.5, 0.6) is 0 Å². The Morgan fingerprint density at radius 3 is 2.30 bits per heavy atom. The van der Waals surface area contributed by atoms with Crippen molar-refractivity contribution in [2.75, 3.05) is 0 Å². The van der Waals surface area contributed by atoms with Gasteiger partial charge in [0.05, 0.1) is 0 Å². The van der Waals surface area contributed by atoms with Gasteiger partial charge < -0.3 is 4.74 Å². The van der Waals surface area contributed by atoms with E-state index >= 15 is 0 Å². The fourth-order valence-electron chi connectivity index (χ4n) is 9.52. The zero-order valence-electron chi connectivity index (χ0n) is 17.8. The number of ether oxygens (including phenoxy) is 1. The molecule has 0 heterocycles. The van der Waals surface area contributed by atoms with Crippen LogP contribution in [0.1, 0.15) is 92.4 Å². The van der Waals surface area contributed by atoms with Crippen LogP contribution in [0.15, 0.2) is 0 Å². The van der Waals surface area contributed by atoms with E-state index in [0.717, 1.165) is 19.3 Å². The van der Waals surface area contributed by atoms with Gasteiger partial charge in [-0.3, -0.25) is 9.59 Å². The first-order valence-corrected chi connectivity index (χ1v) is 11.2. The summed E-state index contributed by atoms with van der Waals surface area (Å²) in [6.45, 7) is 11.1. The highest BCUT2D eigenvalue weighted by molar-refractivity contribution is 5.83. The van der Waals surface area contributed by atoms with Crippen molar-refractivity contribution in [3.8, 4) is 0 Å². The second-order valence-electron chi connectivity index (χ2n) is 12.0. The lowest BCUT2D eigenvalue weighted by Gasteiger charge is -2.62. The van der Waals surface area contributed by atoms with E-state index in [1.807, 2.05) is 0 Å². The van der Waals surface area contributed by atoms with Crippen molar-refractivity contribution >= 4 is 11.8 Å². The summed E-state index contributed by atoms with van der Waals surface area (Å²) in [5.41, 5.74) is 1.40. The molecule has 0 aromatic heterocycles. The second kappa shape index (κ2) is 5.00. The molecule has 0 aliphatic heterocycles. The number of carbonyl (C=O) groups is 2. The summed E-state index contributed by atoms with van der Waals surface area (Å²) in [7, 11) is 0. The Morgan fingerprint density at radius 2 is 1.59 bits per heavy atom. The van der Waals surface area contributed by atoms with Gasteiger partial charge in [0.1, 0.15) is 11.9 Å². The molecule has 0 aromatic carbocycles. The molecule has 5 rings (SSSR count). The summed E-state index contributed by atoms with van der Waals surface area (Å²) in [4.78, 5) is 24.1. The molecule has 0 aromatic rings. The molecular formula is C24H36O3. The SMILES string of the molecule is CC(=O)O[C@H]1CC[C@]23C[C@]24CC[C@]2(C)CC(=O)C[C@@]2(C)C4CCC3C1(C)C. The monoisotopic (exact) mass is 372 g/mol. The highest BCUT2D eigenvalue weighted by Gasteiger charge is 2.82. The lowest BCUT2D eigenvalue weighted by Crippen LogP contribution is -2.57. The predicted molar refractivity (Wildman–Crippen MR) is 104 cm³/mol. The number of Topliss-reactive ketones (excluding diaryl/α,β-unsaturated/α-hetero) is 1. The first kappa shape index (κ1) is 18.2. The van der Waals surface area contributed by atoms with Crippen molar-refractivity contribution < 1.29 is 14.3 Å². The number of esters is 1.